The van der Waals surface area contributed by atoms with E-state index in [0.717, 1.165) is 24.3 Å². The van der Waals surface area contributed by atoms with E-state index in [-0.39, 0.29) is 0 Å². The maximum absolute atomic E-state index is 10.3. The summed E-state index contributed by atoms with van der Waals surface area (Å²) >= 11 is 0. The number of hydrogen-bond acceptors (Lipinski definition) is 8. The Morgan fingerprint density at radius 3 is 0.750 bits per heavy atom. The Hall–Kier alpha value is -2.80. The van der Waals surface area contributed by atoms with E-state index in [2.05, 4.69) is 23.4 Å². The lowest BCUT2D eigenvalue weighted by atomic mass is 10.4. The van der Waals surface area contributed by atoms with Gasteiger partial charge in [0.25, 0.3) is 23.6 Å². The van der Waals surface area contributed by atoms with E-state index < -0.39 is 23.6 Å². The molecule has 0 unspecified atom stereocenters. The predicted octanol–water partition coefficient (Wildman–Crippen LogP) is -4.96. The summed E-state index contributed by atoms with van der Waals surface area (Å²) in [6.45, 7) is 0. The Labute approximate surface area is 113 Å². The molecule has 0 spiro atoms. The standard InChI is InChI=1S/2C4H8N4O2/c2*5-7-3(9)1-2-4(10)8-6/h2*1-2H,5-6H2,(H,7,9)(H,8,10)/b2-1+;2-1-. The number of rotatable bonds is 4. The van der Waals surface area contributed by atoms with Crippen LogP contribution in [0.15, 0.2) is 24.3 Å². The fourth-order valence-corrected chi connectivity index (χ4v) is 0.495. The normalized spacial score (nSPS) is 9.40. The molecule has 0 saturated carbocycles. The summed E-state index contributed by atoms with van der Waals surface area (Å²) in [5.74, 6) is 16.5. The van der Waals surface area contributed by atoms with Gasteiger partial charge < -0.3 is 0 Å². The molecule has 12 heteroatoms. The summed E-state index contributed by atoms with van der Waals surface area (Å²) in [5, 5.41) is 0. The van der Waals surface area contributed by atoms with Crippen molar-refractivity contribution in [3.63, 3.8) is 0 Å². The van der Waals surface area contributed by atoms with Crippen molar-refractivity contribution in [2.45, 2.75) is 0 Å². The molecule has 0 fully saturated rings. The summed E-state index contributed by atoms with van der Waals surface area (Å²) in [6, 6.07) is 0. The Morgan fingerprint density at radius 1 is 0.500 bits per heavy atom. The molecule has 0 rings (SSSR count). The third kappa shape index (κ3) is 13.3. The number of nitrogens with two attached hydrogens (primary N) is 4. The predicted molar refractivity (Wildman–Crippen MR) is 67.6 cm³/mol. The van der Waals surface area contributed by atoms with Crippen LogP contribution in [0.1, 0.15) is 0 Å². The van der Waals surface area contributed by atoms with Crippen LogP contribution in [0, 0.1) is 0 Å². The molecule has 0 aromatic carbocycles. The van der Waals surface area contributed by atoms with Gasteiger partial charge in [-0.1, -0.05) is 0 Å². The zero-order valence-electron chi connectivity index (χ0n) is 10.3. The lowest BCUT2D eigenvalue weighted by Crippen LogP contribution is -2.30. The SMILES string of the molecule is NNC(=O)/C=C/C(=O)NN.NNC(=O)/C=C\C(=O)NN. The van der Waals surface area contributed by atoms with Gasteiger partial charge in [-0.25, -0.2) is 23.4 Å². The molecule has 0 aliphatic heterocycles. The highest BCUT2D eigenvalue weighted by atomic mass is 16.2. The van der Waals surface area contributed by atoms with Crippen molar-refractivity contribution in [2.24, 2.45) is 23.4 Å². The highest BCUT2D eigenvalue weighted by molar-refractivity contribution is 5.96. The third-order valence-corrected chi connectivity index (χ3v) is 1.34. The van der Waals surface area contributed by atoms with Crippen molar-refractivity contribution in [1.29, 1.82) is 0 Å². The van der Waals surface area contributed by atoms with Crippen LogP contribution in [0.25, 0.3) is 0 Å². The molecule has 0 saturated heterocycles. The molecular formula is C8H16N8O4. The first-order valence-corrected chi connectivity index (χ1v) is 4.79. The van der Waals surface area contributed by atoms with Crippen molar-refractivity contribution >= 4 is 23.6 Å². The van der Waals surface area contributed by atoms with Gasteiger partial charge in [0.15, 0.2) is 0 Å². The lowest BCUT2D eigenvalue weighted by Gasteiger charge is -1.89. The van der Waals surface area contributed by atoms with Crippen LogP contribution in [0.4, 0.5) is 0 Å². The summed E-state index contributed by atoms with van der Waals surface area (Å²) in [4.78, 5) is 41.2. The number of amides is 4. The molecule has 0 bridgehead atoms. The van der Waals surface area contributed by atoms with Crippen LogP contribution >= 0.6 is 0 Å². The number of nitrogens with one attached hydrogen (secondary N) is 4. The van der Waals surface area contributed by atoms with Crippen LogP contribution in [-0.2, 0) is 19.2 Å². The number of hydrogen-bond donors (Lipinski definition) is 8. The second-order valence-electron chi connectivity index (χ2n) is 2.70. The second-order valence-corrected chi connectivity index (χ2v) is 2.70. The minimum absolute atomic E-state index is 0.566. The highest BCUT2D eigenvalue weighted by Crippen LogP contribution is 1.70. The summed E-state index contributed by atoms with van der Waals surface area (Å²) in [5.41, 5.74) is 7.19. The van der Waals surface area contributed by atoms with Gasteiger partial charge in [0.2, 0.25) is 0 Å². The first-order chi connectivity index (χ1) is 9.40. The number of carbonyl (C=O) groups is 4. The maximum Gasteiger partial charge on any atom is 0.258 e. The van der Waals surface area contributed by atoms with E-state index in [1.165, 1.54) is 0 Å². The van der Waals surface area contributed by atoms with Gasteiger partial charge in [0.05, 0.1) is 0 Å². The number of hydrazine groups is 4. The Balaban J connectivity index is 0. The van der Waals surface area contributed by atoms with Crippen LogP contribution < -0.4 is 45.1 Å². The van der Waals surface area contributed by atoms with Crippen LogP contribution in [-0.4, -0.2) is 23.6 Å². The topological polar surface area (TPSA) is 220 Å². The van der Waals surface area contributed by atoms with E-state index in [1.807, 2.05) is 0 Å². The van der Waals surface area contributed by atoms with Gasteiger partial charge in [-0.2, -0.15) is 0 Å². The van der Waals surface area contributed by atoms with E-state index >= 15 is 0 Å². The molecule has 4 amide bonds. The average Bonchev–Trinajstić information content (AvgIpc) is 2.49. The van der Waals surface area contributed by atoms with Crippen molar-refractivity contribution < 1.29 is 19.2 Å². The summed E-state index contributed by atoms with van der Waals surface area (Å²) in [7, 11) is 0. The van der Waals surface area contributed by atoms with Crippen LogP contribution in [0.5, 0.6) is 0 Å². The second kappa shape index (κ2) is 12.7. The summed E-state index contributed by atoms with van der Waals surface area (Å²) in [6.07, 6.45) is 3.84. The van der Waals surface area contributed by atoms with Gasteiger partial charge in [-0.15, -0.1) is 0 Å². The molecule has 0 radical (unpaired) electrons. The van der Waals surface area contributed by atoms with Crippen molar-refractivity contribution in [3.8, 4) is 0 Å². The average molecular weight is 288 g/mol. The van der Waals surface area contributed by atoms with Crippen molar-refractivity contribution in [2.75, 3.05) is 0 Å². The first kappa shape index (κ1) is 19.5. The van der Waals surface area contributed by atoms with Gasteiger partial charge in [0, 0.05) is 24.3 Å². The largest absolute Gasteiger partial charge is 0.291 e. The van der Waals surface area contributed by atoms with E-state index in [0.29, 0.717) is 0 Å². The van der Waals surface area contributed by atoms with Gasteiger partial charge in [-0.3, -0.25) is 40.9 Å². The van der Waals surface area contributed by atoms with E-state index in [1.54, 1.807) is 21.7 Å². The van der Waals surface area contributed by atoms with Crippen LogP contribution in [0.2, 0.25) is 0 Å². The minimum atomic E-state index is -0.566. The quantitative estimate of drug-likeness (QED) is 0.108. The monoisotopic (exact) mass is 288 g/mol. The Morgan fingerprint density at radius 2 is 0.650 bits per heavy atom. The van der Waals surface area contributed by atoms with Gasteiger partial charge in [-0.05, 0) is 0 Å². The zero-order chi connectivity index (χ0) is 16.0. The fourth-order valence-electron chi connectivity index (χ4n) is 0.495. The van der Waals surface area contributed by atoms with Gasteiger partial charge >= 0.3 is 0 Å². The molecule has 0 atom stereocenters. The van der Waals surface area contributed by atoms with E-state index in [4.69, 9.17) is 0 Å². The van der Waals surface area contributed by atoms with Crippen LogP contribution in [0.3, 0.4) is 0 Å². The molecule has 0 heterocycles. The molecule has 112 valence electrons. The molecular weight excluding hydrogens is 272 g/mol. The summed E-state index contributed by atoms with van der Waals surface area (Å²) < 4.78 is 0. The van der Waals surface area contributed by atoms with Crippen molar-refractivity contribution in [1.82, 2.24) is 21.7 Å². The minimum Gasteiger partial charge on any atom is -0.291 e. The fraction of sp³-hybridized carbons (Fsp3) is 0. The molecule has 0 aliphatic carbocycles. The maximum atomic E-state index is 10.3. The highest BCUT2D eigenvalue weighted by Gasteiger charge is 1.92. The first-order valence-electron chi connectivity index (χ1n) is 4.79. The van der Waals surface area contributed by atoms with Crippen molar-refractivity contribution in [3.05, 3.63) is 24.3 Å². The zero-order valence-corrected chi connectivity index (χ0v) is 10.3. The van der Waals surface area contributed by atoms with E-state index in [9.17, 15) is 19.2 Å². The lowest BCUT2D eigenvalue weighted by molar-refractivity contribution is -0.118. The number of carbonyl (C=O) groups excluding carboxylic acids is 4. The molecule has 0 aliphatic rings. The Kier molecular flexibility index (Phi) is 12.4. The molecule has 20 heavy (non-hydrogen) atoms. The molecule has 12 N–H and O–H groups in total. The molecule has 0 aromatic rings. The smallest absolute Gasteiger partial charge is 0.258 e. The third-order valence-electron chi connectivity index (χ3n) is 1.34. The molecule has 12 nitrogen and oxygen atoms in total. The Bertz CT molecular complexity index is 331. The van der Waals surface area contributed by atoms with Gasteiger partial charge in [0.1, 0.15) is 0 Å². The molecule has 0 aromatic heterocycles.